The van der Waals surface area contributed by atoms with Gasteiger partial charge in [0, 0.05) is 22.2 Å². The topological polar surface area (TPSA) is 71.3 Å². The molecule has 1 aliphatic heterocycles. The molecule has 2 heterocycles. The zero-order valence-electron chi connectivity index (χ0n) is 15.3. The molecule has 1 fully saturated rings. The van der Waals surface area contributed by atoms with E-state index < -0.39 is 0 Å². The maximum atomic E-state index is 12.2. The lowest BCUT2D eigenvalue weighted by molar-refractivity contribution is -0.117. The smallest absolute Gasteiger partial charge is 0.238 e. The van der Waals surface area contributed by atoms with Crippen LogP contribution in [0.1, 0.15) is 24.7 Å². The maximum absolute atomic E-state index is 12.2. The van der Waals surface area contributed by atoms with Crippen LogP contribution < -0.4 is 5.32 Å². The minimum absolute atomic E-state index is 0.00691. The van der Waals surface area contributed by atoms with Crippen molar-refractivity contribution in [3.8, 4) is 11.4 Å². The van der Waals surface area contributed by atoms with Gasteiger partial charge in [0.1, 0.15) is 0 Å². The van der Waals surface area contributed by atoms with E-state index in [1.165, 1.54) is 0 Å². The number of amides is 1. The third-order valence-corrected chi connectivity index (χ3v) is 5.16. The molecule has 0 aliphatic carbocycles. The first kappa shape index (κ1) is 18.7. The molecule has 1 amide bonds. The van der Waals surface area contributed by atoms with Gasteiger partial charge in [-0.3, -0.25) is 9.69 Å². The minimum atomic E-state index is 0.00691. The molecule has 1 aliphatic rings. The van der Waals surface area contributed by atoms with Crippen LogP contribution in [0.2, 0.25) is 5.02 Å². The van der Waals surface area contributed by atoms with Crippen molar-refractivity contribution in [3.05, 3.63) is 65.5 Å². The van der Waals surface area contributed by atoms with Crippen LogP contribution in [0.25, 0.3) is 11.4 Å². The van der Waals surface area contributed by atoms with Crippen molar-refractivity contribution < 1.29 is 9.32 Å². The molecule has 1 aromatic heterocycles. The van der Waals surface area contributed by atoms with Gasteiger partial charge in [-0.1, -0.05) is 35.0 Å². The number of aromatic nitrogens is 2. The Bertz CT molecular complexity index is 919. The van der Waals surface area contributed by atoms with Crippen molar-refractivity contribution in [2.24, 2.45) is 0 Å². The Kier molecular flexibility index (Phi) is 5.69. The van der Waals surface area contributed by atoms with Crippen molar-refractivity contribution in [1.29, 1.82) is 0 Å². The summed E-state index contributed by atoms with van der Waals surface area (Å²) in [4.78, 5) is 18.9. The summed E-state index contributed by atoms with van der Waals surface area (Å²) < 4.78 is 5.49. The Morgan fingerprint density at radius 2 is 1.82 bits per heavy atom. The highest BCUT2D eigenvalue weighted by Gasteiger charge is 2.26. The summed E-state index contributed by atoms with van der Waals surface area (Å²) >= 11 is 5.92. The van der Waals surface area contributed by atoms with Gasteiger partial charge in [-0.05, 0) is 62.3 Å². The van der Waals surface area contributed by atoms with Crippen molar-refractivity contribution in [2.75, 3.05) is 25.0 Å². The predicted octanol–water partition coefficient (Wildman–Crippen LogP) is 4.21. The van der Waals surface area contributed by atoms with Crippen LogP contribution in [-0.4, -0.2) is 40.6 Å². The molecule has 0 spiro atoms. The average Bonchev–Trinajstić information content (AvgIpc) is 3.20. The number of carbonyl (C=O) groups excluding carboxylic acids is 1. The first-order valence-corrected chi connectivity index (χ1v) is 9.72. The third kappa shape index (κ3) is 4.58. The van der Waals surface area contributed by atoms with E-state index in [4.69, 9.17) is 16.1 Å². The second-order valence-electron chi connectivity index (χ2n) is 6.93. The minimum Gasteiger partial charge on any atom is -0.339 e. The molecular weight excluding hydrogens is 376 g/mol. The number of anilines is 1. The molecular formula is C21H21ClN4O2. The number of nitrogens with zero attached hydrogens (tertiary/aromatic N) is 3. The van der Waals surface area contributed by atoms with Gasteiger partial charge in [-0.2, -0.15) is 4.98 Å². The van der Waals surface area contributed by atoms with E-state index in [2.05, 4.69) is 20.4 Å². The quantitative estimate of drug-likeness (QED) is 0.699. The van der Waals surface area contributed by atoms with Crippen molar-refractivity contribution in [2.45, 2.75) is 18.8 Å². The molecule has 1 saturated heterocycles. The number of halogens is 1. The van der Waals surface area contributed by atoms with Crippen LogP contribution in [-0.2, 0) is 4.79 Å². The van der Waals surface area contributed by atoms with Gasteiger partial charge < -0.3 is 9.84 Å². The van der Waals surface area contributed by atoms with Gasteiger partial charge in [0.25, 0.3) is 0 Å². The van der Waals surface area contributed by atoms with Crippen LogP contribution in [0.15, 0.2) is 59.1 Å². The van der Waals surface area contributed by atoms with Crippen LogP contribution >= 0.6 is 11.6 Å². The average molecular weight is 397 g/mol. The zero-order valence-corrected chi connectivity index (χ0v) is 16.1. The van der Waals surface area contributed by atoms with Crippen molar-refractivity contribution >= 4 is 23.2 Å². The van der Waals surface area contributed by atoms with Crippen molar-refractivity contribution in [1.82, 2.24) is 15.0 Å². The summed E-state index contributed by atoms with van der Waals surface area (Å²) in [5.41, 5.74) is 1.71. The molecule has 2 aromatic carbocycles. The van der Waals surface area contributed by atoms with Crippen LogP contribution in [0.4, 0.5) is 5.69 Å². The molecule has 6 nitrogen and oxygen atoms in total. The van der Waals surface area contributed by atoms with Gasteiger partial charge >= 0.3 is 0 Å². The zero-order chi connectivity index (χ0) is 19.3. The molecule has 28 heavy (non-hydrogen) atoms. The van der Waals surface area contributed by atoms with Gasteiger partial charge in [-0.15, -0.1) is 0 Å². The molecule has 144 valence electrons. The van der Waals surface area contributed by atoms with Gasteiger partial charge in [0.15, 0.2) is 0 Å². The standard InChI is InChI=1S/C21H21ClN4O2/c22-17-8-6-15(7-9-17)20-24-21(28-25-20)16-10-12-26(13-11-16)14-19(27)23-18-4-2-1-3-5-18/h1-9,16H,10-14H2,(H,23,27). The largest absolute Gasteiger partial charge is 0.339 e. The predicted molar refractivity (Wildman–Crippen MR) is 108 cm³/mol. The molecule has 3 aromatic rings. The number of rotatable bonds is 5. The number of benzene rings is 2. The number of para-hydroxylation sites is 1. The Hall–Kier alpha value is -2.70. The lowest BCUT2D eigenvalue weighted by atomic mass is 9.97. The van der Waals surface area contributed by atoms with Gasteiger partial charge in [-0.25, -0.2) is 0 Å². The summed E-state index contributed by atoms with van der Waals surface area (Å²) in [7, 11) is 0. The first-order valence-electron chi connectivity index (χ1n) is 9.34. The summed E-state index contributed by atoms with van der Waals surface area (Å²) in [6, 6.07) is 16.9. The first-order chi connectivity index (χ1) is 13.7. The normalized spacial score (nSPS) is 15.5. The maximum Gasteiger partial charge on any atom is 0.238 e. The van der Waals surface area contributed by atoms with Crippen LogP contribution in [0.3, 0.4) is 0 Å². The summed E-state index contributed by atoms with van der Waals surface area (Å²) in [6.45, 7) is 2.04. The number of nitrogens with one attached hydrogen (secondary N) is 1. The highest BCUT2D eigenvalue weighted by Crippen LogP contribution is 2.28. The number of hydrogen-bond acceptors (Lipinski definition) is 5. The van der Waals surface area contributed by atoms with Gasteiger partial charge in [0.2, 0.25) is 17.6 Å². The monoisotopic (exact) mass is 396 g/mol. The molecule has 4 rings (SSSR count). The molecule has 7 heteroatoms. The molecule has 0 bridgehead atoms. The molecule has 0 atom stereocenters. The fourth-order valence-corrected chi connectivity index (χ4v) is 3.51. The van der Waals surface area contributed by atoms with E-state index >= 15 is 0 Å². The second kappa shape index (κ2) is 8.54. The van der Waals surface area contributed by atoms with E-state index in [-0.39, 0.29) is 11.8 Å². The van der Waals surface area contributed by atoms with E-state index in [0.29, 0.717) is 23.3 Å². The van der Waals surface area contributed by atoms with E-state index in [1.807, 2.05) is 54.6 Å². The fourth-order valence-electron chi connectivity index (χ4n) is 3.38. The molecule has 0 saturated carbocycles. The number of carbonyl (C=O) groups is 1. The Morgan fingerprint density at radius 1 is 1.11 bits per heavy atom. The fraction of sp³-hybridized carbons (Fsp3) is 0.286. The number of hydrogen-bond donors (Lipinski definition) is 1. The lowest BCUT2D eigenvalue weighted by Crippen LogP contribution is -2.38. The van der Waals surface area contributed by atoms with Gasteiger partial charge in [0.05, 0.1) is 6.54 Å². The van der Waals surface area contributed by atoms with Crippen LogP contribution in [0, 0.1) is 0 Å². The summed E-state index contributed by atoms with van der Waals surface area (Å²) in [5.74, 6) is 1.48. The van der Waals surface area contributed by atoms with E-state index in [0.717, 1.165) is 37.2 Å². The second-order valence-corrected chi connectivity index (χ2v) is 7.36. The Balaban J connectivity index is 1.29. The summed E-state index contributed by atoms with van der Waals surface area (Å²) in [6.07, 6.45) is 1.78. The van der Waals surface area contributed by atoms with Crippen molar-refractivity contribution in [3.63, 3.8) is 0 Å². The number of likely N-dealkylation sites (tertiary alicyclic amines) is 1. The highest BCUT2D eigenvalue weighted by molar-refractivity contribution is 6.30. The third-order valence-electron chi connectivity index (χ3n) is 4.91. The van der Waals surface area contributed by atoms with E-state index in [1.54, 1.807) is 0 Å². The van der Waals surface area contributed by atoms with E-state index in [9.17, 15) is 4.79 Å². The SMILES string of the molecule is O=C(CN1CCC(c2nc(-c3ccc(Cl)cc3)no2)CC1)Nc1ccccc1. The Labute approximate surface area is 168 Å². The summed E-state index contributed by atoms with van der Waals surface area (Å²) in [5, 5.41) is 7.70. The lowest BCUT2D eigenvalue weighted by Gasteiger charge is -2.29. The molecule has 1 N–H and O–H groups in total. The van der Waals surface area contributed by atoms with Crippen LogP contribution in [0.5, 0.6) is 0 Å². The molecule has 0 unspecified atom stereocenters. The Morgan fingerprint density at radius 3 is 2.54 bits per heavy atom. The highest BCUT2D eigenvalue weighted by atomic mass is 35.5. The number of piperidine rings is 1. The molecule has 0 radical (unpaired) electrons.